The lowest BCUT2D eigenvalue weighted by molar-refractivity contribution is 0.0941. The molecule has 2 atom stereocenters. The van der Waals surface area contributed by atoms with Crippen LogP contribution in [0.5, 0.6) is 0 Å². The van der Waals surface area contributed by atoms with Crippen molar-refractivity contribution in [3.8, 4) is 0 Å². The van der Waals surface area contributed by atoms with Crippen molar-refractivity contribution in [1.82, 2.24) is 25.2 Å². The largest absolute Gasteiger partial charge is 0.368 e. The van der Waals surface area contributed by atoms with Crippen molar-refractivity contribution in [3.05, 3.63) is 64.0 Å². The number of pyridine rings is 1. The number of halogens is 2. The molecule has 1 amide bonds. The Hall–Kier alpha value is -3.40. The molecule has 1 saturated heterocycles. The highest BCUT2D eigenvalue weighted by Gasteiger charge is 2.33. The number of carbonyl (C=O) groups is 1. The molecule has 2 saturated carbocycles. The van der Waals surface area contributed by atoms with Gasteiger partial charge in [0.1, 0.15) is 11.6 Å². The second-order valence-corrected chi connectivity index (χ2v) is 10.1. The molecular formula is C26H28F2N6O2. The standard InChI is InChI=1S/C26H28F2N6O2/c27-16-2-6-22-20(12-16)25(35)32-24(31-22)15-1-5-18(11-15)33-7-9-34(10-8-33)19-13-21(28)23(29-14-19)26(36)30-17-3-4-17/h2,6,12-15,17-18H,1,3-5,7-11H2,(H,30,36)(H,31,32,35). The fraction of sp³-hybridized carbons (Fsp3) is 0.462. The van der Waals surface area contributed by atoms with E-state index in [-0.39, 0.29) is 28.6 Å². The summed E-state index contributed by atoms with van der Waals surface area (Å²) in [6.07, 6.45) is 6.30. The first-order valence-corrected chi connectivity index (χ1v) is 12.6. The number of piperazine rings is 1. The van der Waals surface area contributed by atoms with Gasteiger partial charge in [0.25, 0.3) is 11.5 Å². The molecule has 0 spiro atoms. The Labute approximate surface area is 206 Å². The van der Waals surface area contributed by atoms with E-state index in [0.29, 0.717) is 23.1 Å². The van der Waals surface area contributed by atoms with E-state index in [1.807, 2.05) is 0 Å². The second-order valence-electron chi connectivity index (χ2n) is 10.1. The quantitative estimate of drug-likeness (QED) is 0.567. The van der Waals surface area contributed by atoms with E-state index in [0.717, 1.165) is 58.3 Å². The van der Waals surface area contributed by atoms with Crippen LogP contribution in [-0.4, -0.2) is 64.0 Å². The Bertz CT molecular complexity index is 1370. The Kier molecular flexibility index (Phi) is 5.91. The predicted molar refractivity (Wildman–Crippen MR) is 131 cm³/mol. The summed E-state index contributed by atoms with van der Waals surface area (Å²) >= 11 is 0. The van der Waals surface area contributed by atoms with Gasteiger partial charge in [0, 0.05) is 50.2 Å². The lowest BCUT2D eigenvalue weighted by atomic mass is 10.1. The molecule has 1 aliphatic heterocycles. The van der Waals surface area contributed by atoms with Gasteiger partial charge in [0.05, 0.1) is 22.8 Å². The Morgan fingerprint density at radius 2 is 1.86 bits per heavy atom. The fourth-order valence-corrected chi connectivity index (χ4v) is 5.45. The van der Waals surface area contributed by atoms with E-state index < -0.39 is 17.5 Å². The van der Waals surface area contributed by atoms with Gasteiger partial charge in [-0.2, -0.15) is 0 Å². The van der Waals surface area contributed by atoms with Crippen LogP contribution >= 0.6 is 0 Å². The van der Waals surface area contributed by atoms with Crippen molar-refractivity contribution in [1.29, 1.82) is 0 Å². The summed E-state index contributed by atoms with van der Waals surface area (Å²) in [4.78, 5) is 40.8. The number of nitrogens with zero attached hydrogens (tertiary/aromatic N) is 4. The molecule has 188 valence electrons. The number of nitrogens with one attached hydrogen (secondary N) is 2. The van der Waals surface area contributed by atoms with E-state index >= 15 is 0 Å². The van der Waals surface area contributed by atoms with E-state index in [1.165, 1.54) is 18.2 Å². The van der Waals surface area contributed by atoms with E-state index in [4.69, 9.17) is 0 Å². The summed E-state index contributed by atoms with van der Waals surface area (Å²) in [7, 11) is 0. The van der Waals surface area contributed by atoms with Crippen LogP contribution in [0.4, 0.5) is 14.5 Å². The fourth-order valence-electron chi connectivity index (χ4n) is 5.45. The Morgan fingerprint density at radius 1 is 1.06 bits per heavy atom. The first kappa shape index (κ1) is 23.0. The van der Waals surface area contributed by atoms with Crippen LogP contribution in [0.15, 0.2) is 35.3 Å². The summed E-state index contributed by atoms with van der Waals surface area (Å²) in [6, 6.07) is 6.05. The lowest BCUT2D eigenvalue weighted by Gasteiger charge is -2.39. The summed E-state index contributed by atoms with van der Waals surface area (Å²) in [5, 5.41) is 3.05. The first-order valence-electron chi connectivity index (χ1n) is 12.6. The van der Waals surface area contributed by atoms with Gasteiger partial charge in [0.15, 0.2) is 11.5 Å². The van der Waals surface area contributed by atoms with Crippen LogP contribution in [-0.2, 0) is 0 Å². The van der Waals surface area contributed by atoms with Crippen molar-refractivity contribution in [3.63, 3.8) is 0 Å². The second kappa shape index (κ2) is 9.24. The minimum atomic E-state index is -0.591. The summed E-state index contributed by atoms with van der Waals surface area (Å²) in [5.74, 6) is -0.658. The number of anilines is 1. The molecule has 3 aromatic rings. The van der Waals surface area contributed by atoms with Crippen molar-refractivity contribution >= 4 is 22.5 Å². The number of hydrogen-bond donors (Lipinski definition) is 2. The molecule has 1 aromatic carbocycles. The van der Waals surface area contributed by atoms with Crippen LogP contribution in [0.25, 0.3) is 10.9 Å². The number of H-pyrrole nitrogens is 1. The Morgan fingerprint density at radius 3 is 2.61 bits per heavy atom. The lowest BCUT2D eigenvalue weighted by Crippen LogP contribution is -2.50. The van der Waals surface area contributed by atoms with Gasteiger partial charge in [-0.25, -0.2) is 18.7 Å². The minimum absolute atomic E-state index is 0.147. The molecule has 6 rings (SSSR count). The van der Waals surface area contributed by atoms with E-state index in [2.05, 4.69) is 30.1 Å². The van der Waals surface area contributed by atoms with Gasteiger partial charge in [-0.3, -0.25) is 14.5 Å². The van der Waals surface area contributed by atoms with Gasteiger partial charge in [-0.1, -0.05) is 0 Å². The van der Waals surface area contributed by atoms with Crippen LogP contribution in [0.1, 0.15) is 54.3 Å². The maximum absolute atomic E-state index is 14.6. The number of aromatic nitrogens is 3. The number of aromatic amines is 1. The average Bonchev–Trinajstić information content (AvgIpc) is 3.55. The van der Waals surface area contributed by atoms with E-state index in [1.54, 1.807) is 12.3 Å². The molecule has 0 radical (unpaired) electrons. The number of carbonyl (C=O) groups excluding carboxylic acids is 1. The zero-order chi connectivity index (χ0) is 24.8. The molecule has 36 heavy (non-hydrogen) atoms. The maximum Gasteiger partial charge on any atom is 0.273 e. The molecule has 2 N–H and O–H groups in total. The SMILES string of the molecule is O=C(NC1CC1)c1ncc(N2CCN(C3CCC(c4nc5ccc(F)cc5c(=O)[nH]4)C3)CC2)cc1F. The summed E-state index contributed by atoms with van der Waals surface area (Å²) in [6.45, 7) is 3.16. The molecule has 2 unspecified atom stereocenters. The zero-order valence-corrected chi connectivity index (χ0v) is 19.8. The number of hydrogen-bond acceptors (Lipinski definition) is 6. The average molecular weight is 495 g/mol. The van der Waals surface area contributed by atoms with Crippen molar-refractivity contribution < 1.29 is 13.6 Å². The van der Waals surface area contributed by atoms with Crippen LogP contribution in [0.2, 0.25) is 0 Å². The normalized spacial score (nSPS) is 22.8. The third-order valence-electron chi connectivity index (χ3n) is 7.63. The van der Waals surface area contributed by atoms with Crippen LogP contribution < -0.4 is 15.8 Å². The summed E-state index contributed by atoms with van der Waals surface area (Å²) in [5.41, 5.74) is 0.757. The van der Waals surface area contributed by atoms with Gasteiger partial charge in [-0.05, 0) is 50.3 Å². The molecule has 10 heteroatoms. The molecule has 3 aliphatic rings. The summed E-state index contributed by atoms with van der Waals surface area (Å²) < 4.78 is 28.1. The molecule has 8 nitrogen and oxygen atoms in total. The molecule has 3 heterocycles. The minimum Gasteiger partial charge on any atom is -0.368 e. The zero-order valence-electron chi connectivity index (χ0n) is 19.8. The van der Waals surface area contributed by atoms with Crippen LogP contribution in [0, 0.1) is 11.6 Å². The van der Waals surface area contributed by atoms with Crippen LogP contribution in [0.3, 0.4) is 0 Å². The first-order chi connectivity index (χ1) is 17.4. The van der Waals surface area contributed by atoms with Gasteiger partial charge >= 0.3 is 0 Å². The monoisotopic (exact) mass is 494 g/mol. The highest BCUT2D eigenvalue weighted by atomic mass is 19.1. The highest BCUT2D eigenvalue weighted by molar-refractivity contribution is 5.93. The maximum atomic E-state index is 14.6. The van der Waals surface area contributed by atoms with Gasteiger partial charge in [0.2, 0.25) is 0 Å². The third-order valence-corrected chi connectivity index (χ3v) is 7.63. The van der Waals surface area contributed by atoms with E-state index in [9.17, 15) is 18.4 Å². The highest BCUT2D eigenvalue weighted by Crippen LogP contribution is 2.36. The van der Waals surface area contributed by atoms with Crippen molar-refractivity contribution in [2.45, 2.75) is 50.1 Å². The van der Waals surface area contributed by atoms with Crippen molar-refractivity contribution in [2.24, 2.45) is 0 Å². The van der Waals surface area contributed by atoms with Crippen molar-refractivity contribution in [2.75, 3.05) is 31.1 Å². The Balaban J connectivity index is 1.07. The predicted octanol–water partition coefficient (Wildman–Crippen LogP) is 2.95. The molecule has 2 aliphatic carbocycles. The smallest absolute Gasteiger partial charge is 0.273 e. The topological polar surface area (TPSA) is 94.2 Å². The third kappa shape index (κ3) is 4.57. The van der Waals surface area contributed by atoms with Gasteiger partial charge in [-0.15, -0.1) is 0 Å². The molecular weight excluding hydrogens is 466 g/mol. The molecule has 0 bridgehead atoms. The number of fused-ring (bicyclic) bond motifs is 1. The molecule has 2 aromatic heterocycles. The molecule has 3 fully saturated rings. The number of rotatable bonds is 5. The number of amides is 1. The number of benzene rings is 1. The van der Waals surface area contributed by atoms with Gasteiger partial charge < -0.3 is 15.2 Å².